The molecule has 12 heavy (non-hydrogen) atoms. The van der Waals surface area contributed by atoms with E-state index in [-0.39, 0.29) is 10.7 Å². The first kappa shape index (κ1) is 9.78. The molecule has 0 fully saturated rings. The van der Waals surface area contributed by atoms with Crippen LogP contribution in [0.3, 0.4) is 0 Å². The van der Waals surface area contributed by atoms with Crippen molar-refractivity contribution in [3.05, 3.63) is 21.1 Å². The number of benzene rings is 1. The molecule has 0 saturated carbocycles. The summed E-state index contributed by atoms with van der Waals surface area (Å²) in [6, 6.07) is 1.49. The van der Waals surface area contributed by atoms with E-state index < -0.39 is 0 Å². The van der Waals surface area contributed by atoms with Crippen LogP contribution in [0.1, 0.15) is 0 Å². The van der Waals surface area contributed by atoms with Gasteiger partial charge in [0.1, 0.15) is 5.02 Å². The highest BCUT2D eigenvalue weighted by Crippen LogP contribution is 2.41. The second-order valence-electron chi connectivity index (χ2n) is 2.10. The van der Waals surface area contributed by atoms with E-state index in [0.29, 0.717) is 15.8 Å². The van der Waals surface area contributed by atoms with Crippen LogP contribution >= 0.6 is 34.8 Å². The first-order chi connectivity index (χ1) is 5.57. The SMILES string of the molecule is COc1c(Cl)cc(Cl)c(N)c1Cl. The zero-order valence-electron chi connectivity index (χ0n) is 6.20. The Hall–Kier alpha value is -0.310. The zero-order valence-corrected chi connectivity index (χ0v) is 8.46. The molecule has 2 N–H and O–H groups in total. The van der Waals surface area contributed by atoms with E-state index in [2.05, 4.69) is 0 Å². The molecule has 0 spiro atoms. The lowest BCUT2D eigenvalue weighted by molar-refractivity contribution is 0.415. The molecule has 0 radical (unpaired) electrons. The van der Waals surface area contributed by atoms with Gasteiger partial charge in [0.25, 0.3) is 0 Å². The Morgan fingerprint density at radius 1 is 1.25 bits per heavy atom. The first-order valence-electron chi connectivity index (χ1n) is 3.05. The maximum absolute atomic E-state index is 5.79. The average Bonchev–Trinajstić information content (AvgIpc) is 2.01. The van der Waals surface area contributed by atoms with Crippen LogP contribution in [0.4, 0.5) is 5.69 Å². The van der Waals surface area contributed by atoms with Crippen LogP contribution in [0.25, 0.3) is 0 Å². The highest BCUT2D eigenvalue weighted by molar-refractivity contribution is 6.43. The fourth-order valence-corrected chi connectivity index (χ4v) is 1.69. The molecule has 1 rings (SSSR count). The first-order valence-corrected chi connectivity index (χ1v) is 4.18. The van der Waals surface area contributed by atoms with E-state index in [1.54, 1.807) is 0 Å². The number of halogens is 3. The van der Waals surface area contributed by atoms with Gasteiger partial charge in [-0.3, -0.25) is 0 Å². The molecular formula is C7H6Cl3NO. The minimum Gasteiger partial charge on any atom is -0.494 e. The molecule has 0 aliphatic rings. The van der Waals surface area contributed by atoms with Gasteiger partial charge >= 0.3 is 0 Å². The number of methoxy groups -OCH3 is 1. The smallest absolute Gasteiger partial charge is 0.158 e. The normalized spacial score (nSPS) is 10.0. The topological polar surface area (TPSA) is 35.2 Å². The maximum Gasteiger partial charge on any atom is 0.158 e. The van der Waals surface area contributed by atoms with Gasteiger partial charge in [-0.25, -0.2) is 0 Å². The van der Waals surface area contributed by atoms with Crippen LogP contribution in [0.2, 0.25) is 15.1 Å². The average molecular weight is 226 g/mol. The predicted molar refractivity (Wildman–Crippen MR) is 52.4 cm³/mol. The van der Waals surface area contributed by atoms with Gasteiger partial charge in [-0.2, -0.15) is 0 Å². The summed E-state index contributed by atoms with van der Waals surface area (Å²) >= 11 is 17.2. The van der Waals surface area contributed by atoms with Gasteiger partial charge in [-0.1, -0.05) is 34.8 Å². The summed E-state index contributed by atoms with van der Waals surface area (Å²) in [5, 5.41) is 0.919. The molecule has 66 valence electrons. The highest BCUT2D eigenvalue weighted by Gasteiger charge is 2.12. The lowest BCUT2D eigenvalue weighted by Gasteiger charge is -2.08. The van der Waals surface area contributed by atoms with Crippen LogP contribution in [-0.4, -0.2) is 7.11 Å². The van der Waals surface area contributed by atoms with Crippen LogP contribution in [0, 0.1) is 0 Å². The summed E-state index contributed by atoms with van der Waals surface area (Å²) < 4.78 is 4.91. The lowest BCUT2D eigenvalue weighted by Crippen LogP contribution is -1.92. The number of hydrogen-bond donors (Lipinski definition) is 1. The van der Waals surface area contributed by atoms with Crippen molar-refractivity contribution in [1.29, 1.82) is 0 Å². The Morgan fingerprint density at radius 3 is 2.33 bits per heavy atom. The van der Waals surface area contributed by atoms with E-state index in [9.17, 15) is 0 Å². The number of rotatable bonds is 1. The van der Waals surface area contributed by atoms with Gasteiger partial charge in [-0.05, 0) is 6.07 Å². The Labute approximate surface area is 85.2 Å². The molecule has 0 unspecified atom stereocenters. The Balaban J connectivity index is 3.40. The summed E-state index contributed by atoms with van der Waals surface area (Å²) in [5.41, 5.74) is 5.80. The second-order valence-corrected chi connectivity index (χ2v) is 3.29. The van der Waals surface area contributed by atoms with Gasteiger partial charge in [0.05, 0.1) is 22.8 Å². The van der Waals surface area contributed by atoms with Crippen molar-refractivity contribution in [1.82, 2.24) is 0 Å². The fraction of sp³-hybridized carbons (Fsp3) is 0.143. The summed E-state index contributed by atoms with van der Waals surface area (Å²) in [4.78, 5) is 0. The molecule has 0 aliphatic carbocycles. The van der Waals surface area contributed by atoms with Crippen molar-refractivity contribution < 1.29 is 4.74 Å². The van der Waals surface area contributed by atoms with Gasteiger partial charge < -0.3 is 10.5 Å². The molecule has 0 aromatic heterocycles. The van der Waals surface area contributed by atoms with Gasteiger partial charge in [0.2, 0.25) is 0 Å². The molecule has 0 bridgehead atoms. The fourth-order valence-electron chi connectivity index (χ4n) is 0.774. The van der Waals surface area contributed by atoms with E-state index in [1.165, 1.54) is 13.2 Å². The third kappa shape index (κ3) is 1.56. The van der Waals surface area contributed by atoms with Crippen LogP contribution in [0.5, 0.6) is 5.75 Å². The molecule has 0 atom stereocenters. The number of nitrogens with two attached hydrogens (primary N) is 1. The highest BCUT2D eigenvalue weighted by atomic mass is 35.5. The van der Waals surface area contributed by atoms with Crippen molar-refractivity contribution in [2.75, 3.05) is 12.8 Å². The second kappa shape index (κ2) is 3.60. The van der Waals surface area contributed by atoms with E-state index in [0.717, 1.165) is 0 Å². The maximum atomic E-state index is 5.79. The van der Waals surface area contributed by atoms with Crippen LogP contribution in [0.15, 0.2) is 6.07 Å². The van der Waals surface area contributed by atoms with E-state index in [4.69, 9.17) is 45.3 Å². The van der Waals surface area contributed by atoms with Gasteiger partial charge in [0.15, 0.2) is 5.75 Å². The van der Waals surface area contributed by atoms with E-state index in [1.807, 2.05) is 0 Å². The summed E-state index contributed by atoms with van der Waals surface area (Å²) in [6.45, 7) is 0. The minimum absolute atomic E-state index is 0.245. The van der Waals surface area contributed by atoms with Gasteiger partial charge in [-0.15, -0.1) is 0 Å². The molecule has 0 aliphatic heterocycles. The molecule has 1 aromatic rings. The summed E-state index contributed by atoms with van der Waals surface area (Å²) in [7, 11) is 1.46. The standard InChI is InChI=1S/C7H6Cl3NO/c1-12-7-4(9)2-3(8)6(11)5(7)10/h2H,11H2,1H3. The third-order valence-corrected chi connectivity index (χ3v) is 2.34. The number of hydrogen-bond acceptors (Lipinski definition) is 2. The zero-order chi connectivity index (χ0) is 9.30. The number of anilines is 1. The van der Waals surface area contributed by atoms with Crippen molar-refractivity contribution in [2.24, 2.45) is 0 Å². The van der Waals surface area contributed by atoms with Crippen molar-refractivity contribution >= 4 is 40.5 Å². The molecule has 0 saturated heterocycles. The largest absolute Gasteiger partial charge is 0.494 e. The Bertz CT molecular complexity index is 314. The van der Waals surface area contributed by atoms with Crippen LogP contribution < -0.4 is 10.5 Å². The minimum atomic E-state index is 0.245. The molecule has 2 nitrogen and oxygen atoms in total. The lowest BCUT2D eigenvalue weighted by atomic mass is 10.3. The molecule has 0 amide bonds. The molecule has 0 heterocycles. The summed E-state index contributed by atoms with van der Waals surface area (Å²) in [5.74, 6) is 0.347. The molecule has 5 heteroatoms. The molecule has 1 aromatic carbocycles. The quantitative estimate of drug-likeness (QED) is 0.746. The number of ether oxygens (including phenoxy) is 1. The predicted octanol–water partition coefficient (Wildman–Crippen LogP) is 3.24. The molecular weight excluding hydrogens is 220 g/mol. The van der Waals surface area contributed by atoms with Gasteiger partial charge in [0, 0.05) is 0 Å². The van der Waals surface area contributed by atoms with Crippen molar-refractivity contribution in [3.63, 3.8) is 0 Å². The van der Waals surface area contributed by atoms with Crippen molar-refractivity contribution in [3.8, 4) is 5.75 Å². The van der Waals surface area contributed by atoms with Crippen molar-refractivity contribution in [2.45, 2.75) is 0 Å². The monoisotopic (exact) mass is 225 g/mol. The summed E-state index contributed by atoms with van der Waals surface area (Å²) in [6.07, 6.45) is 0. The Morgan fingerprint density at radius 2 is 1.83 bits per heavy atom. The van der Waals surface area contributed by atoms with Crippen LogP contribution in [-0.2, 0) is 0 Å². The van der Waals surface area contributed by atoms with E-state index >= 15 is 0 Å². The Kier molecular flexibility index (Phi) is 2.94. The number of nitrogen functional groups attached to an aromatic ring is 1. The third-order valence-electron chi connectivity index (χ3n) is 1.37.